The van der Waals surface area contributed by atoms with Crippen LogP contribution in [0.5, 0.6) is 0 Å². The van der Waals surface area contributed by atoms with Crippen LogP contribution in [0.4, 0.5) is 0 Å². The van der Waals surface area contributed by atoms with E-state index in [-0.39, 0.29) is 12.8 Å². The summed E-state index contributed by atoms with van der Waals surface area (Å²) in [6, 6.07) is -0.945. The number of carboxylic acid groups (broad SMARTS) is 1. The molecule has 0 unspecified atom stereocenters. The first-order chi connectivity index (χ1) is 5.45. The molecule has 0 saturated heterocycles. The van der Waals surface area contributed by atoms with Crippen LogP contribution in [0, 0.1) is 0 Å². The predicted octanol–water partition coefficient (Wildman–Crippen LogP) is 0.471. The van der Waals surface area contributed by atoms with Gasteiger partial charge in [-0.15, -0.1) is 3.45 Å². The van der Waals surface area contributed by atoms with E-state index in [4.69, 9.17) is 22.6 Å². The largest absolute Gasteiger partial charge is 0.480 e. The van der Waals surface area contributed by atoms with Crippen molar-refractivity contribution < 1.29 is 14.7 Å². The van der Waals surface area contributed by atoms with Crippen LogP contribution in [0.25, 0.3) is 0 Å². The maximum Gasteiger partial charge on any atom is 0.323 e. The summed E-state index contributed by atoms with van der Waals surface area (Å²) in [5.41, 5.74) is 4.83. The normalized spacial score (nSPS) is 12.9. The van der Waals surface area contributed by atoms with Gasteiger partial charge in [0.05, 0.1) is 0 Å². The summed E-state index contributed by atoms with van der Waals surface area (Å²) in [6.07, 6.45) is 0.0746. The van der Waals surface area contributed by atoms with Crippen molar-refractivity contribution in [2.24, 2.45) is 5.73 Å². The first-order valence-corrected chi connectivity index (χ1v) is 4.11. The molecule has 1 atom stereocenters. The summed E-state index contributed by atoms with van der Waals surface area (Å²) < 4.78 is 0.832. The van der Waals surface area contributed by atoms with Gasteiger partial charge in [0.1, 0.15) is 6.04 Å². The van der Waals surface area contributed by atoms with Crippen LogP contribution >= 0.6 is 27.9 Å². The van der Waals surface area contributed by atoms with Gasteiger partial charge in [-0.3, -0.25) is 9.59 Å². The van der Waals surface area contributed by atoms with Gasteiger partial charge in [0, 0.05) is 22.6 Å². The third-order valence-corrected chi connectivity index (χ3v) is 1.91. The monoisotopic (exact) mass is 258 g/mol. The van der Waals surface area contributed by atoms with Crippen molar-refractivity contribution >= 4 is 39.8 Å². The molecule has 5 nitrogen and oxygen atoms in total. The van der Waals surface area contributed by atoms with E-state index in [1.165, 1.54) is 0 Å². The molecule has 0 spiro atoms. The molecular formula is C5H8BrClN2O3. The van der Waals surface area contributed by atoms with Crippen molar-refractivity contribution in [1.29, 1.82) is 0 Å². The molecule has 70 valence electrons. The van der Waals surface area contributed by atoms with E-state index in [0.717, 1.165) is 3.45 Å². The minimum atomic E-state index is -1.11. The van der Waals surface area contributed by atoms with Gasteiger partial charge < -0.3 is 10.8 Å². The Morgan fingerprint density at radius 3 is 2.42 bits per heavy atom. The van der Waals surface area contributed by atoms with Gasteiger partial charge in [0.15, 0.2) is 0 Å². The lowest BCUT2D eigenvalue weighted by Crippen LogP contribution is -2.30. The molecule has 0 aromatic rings. The van der Waals surface area contributed by atoms with Crippen LogP contribution in [0.15, 0.2) is 0 Å². The SMILES string of the molecule is NC(=O)CC[C@@H](C(=O)O)N(Cl)Br. The lowest BCUT2D eigenvalue weighted by molar-refractivity contribution is -0.140. The van der Waals surface area contributed by atoms with Gasteiger partial charge in [-0.1, -0.05) is 0 Å². The fourth-order valence-corrected chi connectivity index (χ4v) is 1.14. The number of carbonyl (C=O) groups excluding carboxylic acids is 1. The third-order valence-electron chi connectivity index (χ3n) is 1.18. The molecule has 12 heavy (non-hydrogen) atoms. The Labute approximate surface area is 82.9 Å². The van der Waals surface area contributed by atoms with E-state index in [9.17, 15) is 9.59 Å². The number of amides is 1. The molecule has 7 heteroatoms. The van der Waals surface area contributed by atoms with Crippen molar-refractivity contribution in [1.82, 2.24) is 3.45 Å². The third kappa shape index (κ3) is 4.53. The van der Waals surface area contributed by atoms with Gasteiger partial charge in [0.25, 0.3) is 0 Å². The van der Waals surface area contributed by atoms with Crippen LogP contribution in [0.3, 0.4) is 0 Å². The molecule has 0 bridgehead atoms. The summed E-state index contributed by atoms with van der Waals surface area (Å²) in [4.78, 5) is 20.7. The highest BCUT2D eigenvalue weighted by Crippen LogP contribution is 2.14. The topological polar surface area (TPSA) is 83.6 Å². The van der Waals surface area contributed by atoms with Crippen molar-refractivity contribution in [3.63, 3.8) is 0 Å². The quantitative estimate of drug-likeness (QED) is 0.703. The van der Waals surface area contributed by atoms with E-state index >= 15 is 0 Å². The number of carboxylic acids is 1. The molecule has 3 N–H and O–H groups in total. The molecule has 0 rings (SSSR count). The molecule has 0 aliphatic rings. The van der Waals surface area contributed by atoms with Crippen molar-refractivity contribution in [2.45, 2.75) is 18.9 Å². The second-order valence-corrected chi connectivity index (χ2v) is 3.65. The van der Waals surface area contributed by atoms with Gasteiger partial charge in [-0.25, -0.2) is 0 Å². The number of rotatable bonds is 5. The molecule has 0 aliphatic heterocycles. The van der Waals surface area contributed by atoms with Crippen LogP contribution in [-0.4, -0.2) is 26.5 Å². The van der Waals surface area contributed by atoms with Crippen LogP contribution < -0.4 is 5.73 Å². The zero-order valence-electron chi connectivity index (χ0n) is 6.04. The van der Waals surface area contributed by atoms with E-state index in [1.807, 2.05) is 0 Å². The van der Waals surface area contributed by atoms with Crippen molar-refractivity contribution in [2.75, 3.05) is 0 Å². The molecule has 0 radical (unpaired) electrons. The van der Waals surface area contributed by atoms with E-state index in [0.29, 0.717) is 0 Å². The van der Waals surface area contributed by atoms with Crippen molar-refractivity contribution in [3.8, 4) is 0 Å². The number of primary amides is 1. The summed E-state index contributed by atoms with van der Waals surface area (Å²) in [6.45, 7) is 0. The maximum atomic E-state index is 10.4. The Kier molecular flexibility index (Phi) is 5.19. The molecule has 0 aromatic heterocycles. The summed E-state index contributed by atoms with van der Waals surface area (Å²) in [5, 5.41) is 8.55. The first-order valence-electron chi connectivity index (χ1n) is 3.07. The number of nitrogens with two attached hydrogens (primary N) is 1. The first kappa shape index (κ1) is 11.7. The van der Waals surface area contributed by atoms with Gasteiger partial charge in [0.2, 0.25) is 5.91 Å². The number of carbonyl (C=O) groups is 2. The van der Waals surface area contributed by atoms with Crippen LogP contribution in [0.1, 0.15) is 12.8 Å². The molecular weight excluding hydrogens is 251 g/mol. The Balaban J connectivity index is 3.97. The smallest absolute Gasteiger partial charge is 0.323 e. The molecule has 0 heterocycles. The van der Waals surface area contributed by atoms with Crippen molar-refractivity contribution in [3.05, 3.63) is 0 Å². The lowest BCUT2D eigenvalue weighted by atomic mass is 10.2. The zero-order chi connectivity index (χ0) is 9.72. The fourth-order valence-electron chi connectivity index (χ4n) is 0.584. The second kappa shape index (κ2) is 5.34. The minimum Gasteiger partial charge on any atom is -0.480 e. The standard InChI is InChI=1S/C5H8BrClN2O3/c6-9(7)3(5(11)12)1-2-4(8)10/h3H,1-2H2,(H2,8,10)(H,11,12)/t3-/m0/s1. The number of halogens is 2. The molecule has 0 aliphatic carbocycles. The van der Waals surface area contributed by atoms with E-state index < -0.39 is 17.9 Å². The highest BCUT2D eigenvalue weighted by atomic mass is 79.9. The molecule has 0 aromatic carbocycles. The highest BCUT2D eigenvalue weighted by Gasteiger charge is 2.22. The number of hydrogen-bond donors (Lipinski definition) is 2. The maximum absolute atomic E-state index is 10.4. The molecule has 0 fully saturated rings. The number of nitrogens with zero attached hydrogens (tertiary/aromatic N) is 1. The molecule has 1 amide bonds. The summed E-state index contributed by atoms with van der Waals surface area (Å²) in [5.74, 6) is -1.66. The fraction of sp³-hybridized carbons (Fsp3) is 0.600. The average molecular weight is 259 g/mol. The zero-order valence-corrected chi connectivity index (χ0v) is 8.38. The van der Waals surface area contributed by atoms with Gasteiger partial charge >= 0.3 is 5.97 Å². The Bertz CT molecular complexity index is 188. The van der Waals surface area contributed by atoms with Gasteiger partial charge in [-0.2, -0.15) is 0 Å². The van der Waals surface area contributed by atoms with E-state index in [1.54, 1.807) is 0 Å². The van der Waals surface area contributed by atoms with Crippen LogP contribution in [0.2, 0.25) is 0 Å². The number of aliphatic carboxylic acids is 1. The average Bonchev–Trinajstić information content (AvgIpc) is 1.84. The van der Waals surface area contributed by atoms with Gasteiger partial charge in [-0.05, 0) is 18.2 Å². The minimum absolute atomic E-state index is 0.00815. The highest BCUT2D eigenvalue weighted by molar-refractivity contribution is 9.08. The lowest BCUT2D eigenvalue weighted by Gasteiger charge is -2.13. The van der Waals surface area contributed by atoms with Crippen LogP contribution in [-0.2, 0) is 9.59 Å². The number of hydrogen-bond acceptors (Lipinski definition) is 3. The predicted molar refractivity (Wildman–Crippen MR) is 46.5 cm³/mol. The summed E-state index contributed by atoms with van der Waals surface area (Å²) in [7, 11) is 0. The Morgan fingerprint density at radius 1 is 1.67 bits per heavy atom. The summed E-state index contributed by atoms with van der Waals surface area (Å²) >= 11 is 8.10. The molecule has 0 saturated carbocycles. The Morgan fingerprint density at radius 2 is 2.17 bits per heavy atom. The van der Waals surface area contributed by atoms with E-state index in [2.05, 4.69) is 16.1 Å². The second-order valence-electron chi connectivity index (χ2n) is 2.12. The Hall–Kier alpha value is -0.330.